The van der Waals surface area contributed by atoms with Gasteiger partial charge >= 0.3 is 0 Å². The average Bonchev–Trinajstić information content (AvgIpc) is 2.28. The van der Waals surface area contributed by atoms with Gasteiger partial charge in [0.2, 0.25) is 0 Å². The average molecular weight is 208 g/mol. The van der Waals surface area contributed by atoms with Crippen molar-refractivity contribution in [1.29, 1.82) is 0 Å². The van der Waals surface area contributed by atoms with Crippen LogP contribution in [-0.2, 0) is 4.74 Å². The summed E-state index contributed by atoms with van der Waals surface area (Å²) in [6, 6.07) is 7.71. The number of nitrogens with zero attached hydrogens (tertiary/aromatic N) is 1. The second-order valence-electron chi connectivity index (χ2n) is 2.89. The van der Waals surface area contributed by atoms with E-state index in [2.05, 4.69) is 10.5 Å². The van der Waals surface area contributed by atoms with Crippen LogP contribution in [0.1, 0.15) is 5.56 Å². The summed E-state index contributed by atoms with van der Waals surface area (Å²) in [4.78, 5) is 0. The number of rotatable bonds is 6. The first-order valence-corrected chi connectivity index (χ1v) is 4.78. The molecular formula is C11H16N2O2. The third kappa shape index (κ3) is 4.46. The van der Waals surface area contributed by atoms with Crippen molar-refractivity contribution >= 4 is 6.21 Å². The van der Waals surface area contributed by atoms with Crippen molar-refractivity contribution in [2.24, 2.45) is 5.10 Å². The molecule has 0 heterocycles. The van der Waals surface area contributed by atoms with Crippen molar-refractivity contribution in [3.63, 3.8) is 0 Å². The summed E-state index contributed by atoms with van der Waals surface area (Å²) in [5.74, 6) is 0.841. The zero-order valence-corrected chi connectivity index (χ0v) is 9.06. The van der Waals surface area contributed by atoms with Crippen molar-refractivity contribution in [2.45, 2.75) is 0 Å². The monoisotopic (exact) mass is 208 g/mol. The molecule has 1 aromatic rings. The lowest BCUT2D eigenvalue weighted by Gasteiger charge is -2.04. The maximum absolute atomic E-state index is 5.42. The molecule has 0 aliphatic carbocycles. The van der Waals surface area contributed by atoms with Gasteiger partial charge in [-0.2, -0.15) is 5.10 Å². The van der Waals surface area contributed by atoms with Gasteiger partial charge in [-0.05, 0) is 29.8 Å². The highest BCUT2D eigenvalue weighted by molar-refractivity contribution is 5.79. The summed E-state index contributed by atoms with van der Waals surface area (Å²) >= 11 is 0. The highest BCUT2D eigenvalue weighted by Crippen LogP contribution is 2.10. The minimum atomic E-state index is 0.570. The zero-order chi connectivity index (χ0) is 10.9. The molecule has 4 heteroatoms. The first-order chi connectivity index (χ1) is 7.36. The van der Waals surface area contributed by atoms with Crippen LogP contribution in [0.3, 0.4) is 0 Å². The van der Waals surface area contributed by atoms with E-state index in [0.29, 0.717) is 13.2 Å². The molecule has 0 aliphatic heterocycles. The van der Waals surface area contributed by atoms with E-state index >= 15 is 0 Å². The molecule has 1 aromatic carbocycles. The van der Waals surface area contributed by atoms with Gasteiger partial charge in [0.1, 0.15) is 12.4 Å². The first-order valence-electron chi connectivity index (χ1n) is 4.78. The first kappa shape index (κ1) is 11.5. The third-order valence-corrected chi connectivity index (χ3v) is 1.78. The number of benzene rings is 1. The van der Waals surface area contributed by atoms with Crippen molar-refractivity contribution in [3.05, 3.63) is 29.8 Å². The lowest BCUT2D eigenvalue weighted by molar-refractivity contribution is 0.146. The molecule has 0 bridgehead atoms. The summed E-state index contributed by atoms with van der Waals surface area (Å²) in [5.41, 5.74) is 3.73. The second kappa shape index (κ2) is 6.84. The number of hydrogen-bond acceptors (Lipinski definition) is 4. The highest BCUT2D eigenvalue weighted by atomic mass is 16.5. The number of hydrazone groups is 1. The van der Waals surface area contributed by atoms with E-state index in [4.69, 9.17) is 9.47 Å². The Bertz CT molecular complexity index is 296. The van der Waals surface area contributed by atoms with Crippen LogP contribution in [0.4, 0.5) is 0 Å². The van der Waals surface area contributed by atoms with Crippen LogP contribution >= 0.6 is 0 Å². The predicted molar refractivity (Wildman–Crippen MR) is 60.5 cm³/mol. The van der Waals surface area contributed by atoms with Crippen LogP contribution in [0.25, 0.3) is 0 Å². The molecule has 0 saturated carbocycles. The van der Waals surface area contributed by atoms with E-state index in [-0.39, 0.29) is 0 Å². The largest absolute Gasteiger partial charge is 0.491 e. The molecule has 0 radical (unpaired) electrons. The fraction of sp³-hybridized carbons (Fsp3) is 0.364. The molecule has 15 heavy (non-hydrogen) atoms. The minimum absolute atomic E-state index is 0.570. The maximum Gasteiger partial charge on any atom is 0.119 e. The molecule has 1 rings (SSSR count). The number of hydrogen-bond donors (Lipinski definition) is 1. The molecular weight excluding hydrogens is 192 g/mol. The van der Waals surface area contributed by atoms with Crippen LogP contribution < -0.4 is 10.2 Å². The fourth-order valence-corrected chi connectivity index (χ4v) is 1.03. The van der Waals surface area contributed by atoms with Crippen molar-refractivity contribution < 1.29 is 9.47 Å². The second-order valence-corrected chi connectivity index (χ2v) is 2.89. The summed E-state index contributed by atoms with van der Waals surface area (Å²) in [6.45, 7) is 1.17. The Morgan fingerprint density at radius 1 is 1.27 bits per heavy atom. The van der Waals surface area contributed by atoms with Crippen molar-refractivity contribution in [3.8, 4) is 5.75 Å². The molecule has 0 atom stereocenters. The quantitative estimate of drug-likeness (QED) is 0.435. The molecule has 0 fully saturated rings. The van der Waals surface area contributed by atoms with Crippen LogP contribution in [0.2, 0.25) is 0 Å². The Hall–Kier alpha value is -1.55. The van der Waals surface area contributed by atoms with Crippen LogP contribution in [0.5, 0.6) is 5.75 Å². The SMILES string of the molecule is CN/N=C/c1ccc(OCCOC)cc1. The molecule has 4 nitrogen and oxygen atoms in total. The van der Waals surface area contributed by atoms with Crippen molar-refractivity contribution in [2.75, 3.05) is 27.4 Å². The van der Waals surface area contributed by atoms with Crippen LogP contribution in [0.15, 0.2) is 29.4 Å². The molecule has 0 unspecified atom stereocenters. The molecule has 1 N–H and O–H groups in total. The molecule has 0 spiro atoms. The van der Waals surface area contributed by atoms with Gasteiger partial charge < -0.3 is 14.9 Å². The van der Waals surface area contributed by atoms with Crippen LogP contribution in [-0.4, -0.2) is 33.6 Å². The standard InChI is InChI=1S/C11H16N2O2/c1-12-13-9-10-3-5-11(6-4-10)15-8-7-14-2/h3-6,9,12H,7-8H2,1-2H3/b13-9+. The highest BCUT2D eigenvalue weighted by Gasteiger charge is 1.93. The van der Waals surface area contributed by atoms with E-state index in [1.807, 2.05) is 24.3 Å². The molecule has 82 valence electrons. The molecule has 0 aliphatic rings. The minimum Gasteiger partial charge on any atom is -0.491 e. The number of methoxy groups -OCH3 is 1. The Morgan fingerprint density at radius 3 is 2.60 bits per heavy atom. The topological polar surface area (TPSA) is 42.9 Å². The smallest absolute Gasteiger partial charge is 0.119 e. The summed E-state index contributed by atoms with van der Waals surface area (Å²) in [7, 11) is 3.42. The third-order valence-electron chi connectivity index (χ3n) is 1.78. The van der Waals surface area contributed by atoms with Gasteiger partial charge in [-0.25, -0.2) is 0 Å². The van der Waals surface area contributed by atoms with E-state index in [0.717, 1.165) is 11.3 Å². The zero-order valence-electron chi connectivity index (χ0n) is 9.06. The van der Waals surface area contributed by atoms with Gasteiger partial charge in [0.15, 0.2) is 0 Å². The van der Waals surface area contributed by atoms with E-state index in [1.165, 1.54) is 0 Å². The predicted octanol–water partition coefficient (Wildman–Crippen LogP) is 1.27. The summed E-state index contributed by atoms with van der Waals surface area (Å²) in [6.07, 6.45) is 1.75. The van der Waals surface area contributed by atoms with Gasteiger partial charge in [-0.15, -0.1) is 0 Å². The van der Waals surface area contributed by atoms with Crippen LogP contribution in [0, 0.1) is 0 Å². The van der Waals surface area contributed by atoms with Gasteiger partial charge in [0, 0.05) is 14.2 Å². The summed E-state index contributed by atoms with van der Waals surface area (Å²) < 4.78 is 10.3. The normalized spacial score (nSPS) is 10.5. The lowest BCUT2D eigenvalue weighted by atomic mass is 10.2. The Kier molecular flexibility index (Phi) is 5.25. The van der Waals surface area contributed by atoms with Gasteiger partial charge in [0.25, 0.3) is 0 Å². The molecule has 0 aromatic heterocycles. The number of nitrogens with one attached hydrogen (secondary N) is 1. The molecule has 0 saturated heterocycles. The van der Waals surface area contributed by atoms with E-state index in [9.17, 15) is 0 Å². The van der Waals surface area contributed by atoms with Crippen molar-refractivity contribution in [1.82, 2.24) is 5.43 Å². The Labute approximate surface area is 89.9 Å². The van der Waals surface area contributed by atoms with Gasteiger partial charge in [-0.3, -0.25) is 0 Å². The van der Waals surface area contributed by atoms with Gasteiger partial charge in [0.05, 0.1) is 12.8 Å². The van der Waals surface area contributed by atoms with E-state index in [1.54, 1.807) is 20.4 Å². The van der Waals surface area contributed by atoms with E-state index < -0.39 is 0 Å². The Morgan fingerprint density at radius 2 is 2.00 bits per heavy atom. The Balaban J connectivity index is 2.45. The fourth-order valence-electron chi connectivity index (χ4n) is 1.03. The molecule has 0 amide bonds. The maximum atomic E-state index is 5.42. The van der Waals surface area contributed by atoms with Gasteiger partial charge in [-0.1, -0.05) is 0 Å². The summed E-state index contributed by atoms with van der Waals surface area (Å²) in [5, 5.41) is 3.91. The lowest BCUT2D eigenvalue weighted by Crippen LogP contribution is -2.04. The number of ether oxygens (including phenoxy) is 2.